The predicted octanol–water partition coefficient (Wildman–Crippen LogP) is -2.36. The van der Waals surface area contributed by atoms with Crippen LogP contribution in [0.5, 0.6) is 5.75 Å². The Labute approximate surface area is 125 Å². The molecule has 0 fully saturated rings. The van der Waals surface area contributed by atoms with Crippen molar-refractivity contribution in [2.24, 2.45) is 0 Å². The summed E-state index contributed by atoms with van der Waals surface area (Å²) in [5, 5.41) is 0. The molecule has 0 radical (unpaired) electrons. The summed E-state index contributed by atoms with van der Waals surface area (Å²) in [5.41, 5.74) is 0.231. The average molecular weight is 265 g/mol. The number of rotatable bonds is 3. The van der Waals surface area contributed by atoms with Gasteiger partial charge in [0, 0.05) is 19.0 Å². The number of benzene rings is 1. The van der Waals surface area contributed by atoms with Crippen molar-refractivity contribution in [2.45, 2.75) is 4.90 Å². The molecule has 1 aromatic carbocycles. The molecule has 0 spiro atoms. The van der Waals surface area contributed by atoms with Gasteiger partial charge in [0.05, 0.1) is 12.7 Å². The largest absolute Gasteiger partial charge is 1.00 e. The molecule has 5 nitrogen and oxygen atoms in total. The van der Waals surface area contributed by atoms with E-state index in [2.05, 4.69) is 0 Å². The molecule has 1 unspecified atom stereocenters. The Morgan fingerprint density at radius 1 is 1.41 bits per heavy atom. The van der Waals surface area contributed by atoms with Crippen LogP contribution in [-0.2, 0) is 11.1 Å². The summed E-state index contributed by atoms with van der Waals surface area (Å²) in [6, 6.07) is 4.14. The van der Waals surface area contributed by atoms with E-state index in [9.17, 15) is 13.6 Å². The number of ether oxygens (including phenoxy) is 1. The summed E-state index contributed by atoms with van der Waals surface area (Å²) in [7, 11) is 4.60. The first kappa shape index (κ1) is 16.6. The zero-order chi connectivity index (χ0) is 12.3. The van der Waals surface area contributed by atoms with Crippen LogP contribution in [0.25, 0.3) is 0 Å². The van der Waals surface area contributed by atoms with Gasteiger partial charge >= 0.3 is 29.6 Å². The van der Waals surface area contributed by atoms with Crippen molar-refractivity contribution < 1.29 is 47.9 Å². The van der Waals surface area contributed by atoms with E-state index in [1.54, 1.807) is 14.1 Å². The molecule has 1 aromatic rings. The molecule has 0 aliphatic heterocycles. The summed E-state index contributed by atoms with van der Waals surface area (Å²) in [6.45, 7) is 0. The topological polar surface area (TPSA) is 69.7 Å². The maximum atomic E-state index is 11.7. The minimum Gasteiger partial charge on any atom is -0.768 e. The quantitative estimate of drug-likeness (QED) is 0.453. The Kier molecular flexibility index (Phi) is 6.96. The van der Waals surface area contributed by atoms with Crippen molar-refractivity contribution in [3.05, 3.63) is 23.8 Å². The Morgan fingerprint density at radius 3 is 2.41 bits per heavy atom. The molecule has 1 rings (SSSR count). The first-order chi connectivity index (χ1) is 7.47. The molecular formula is C10H12NNaO4S. The summed E-state index contributed by atoms with van der Waals surface area (Å²) < 4.78 is 26.6. The van der Waals surface area contributed by atoms with E-state index in [4.69, 9.17) is 4.74 Å². The average Bonchev–Trinajstić information content (AvgIpc) is 2.26. The maximum Gasteiger partial charge on any atom is 1.00 e. The van der Waals surface area contributed by atoms with Crippen LogP contribution in [0, 0.1) is 0 Å². The van der Waals surface area contributed by atoms with Crippen molar-refractivity contribution in [1.29, 1.82) is 0 Å². The second-order valence-electron chi connectivity index (χ2n) is 3.30. The monoisotopic (exact) mass is 265 g/mol. The minimum absolute atomic E-state index is 0. The van der Waals surface area contributed by atoms with Crippen molar-refractivity contribution in [1.82, 2.24) is 4.90 Å². The fourth-order valence-electron chi connectivity index (χ4n) is 1.20. The van der Waals surface area contributed by atoms with E-state index >= 15 is 0 Å². The third-order valence-corrected chi connectivity index (χ3v) is 2.64. The summed E-state index contributed by atoms with van der Waals surface area (Å²) in [6.07, 6.45) is 0. The predicted molar refractivity (Wildman–Crippen MR) is 58.2 cm³/mol. The van der Waals surface area contributed by atoms with Crippen LogP contribution in [0.2, 0.25) is 0 Å². The van der Waals surface area contributed by atoms with Crippen LogP contribution in [-0.4, -0.2) is 40.8 Å². The third kappa shape index (κ3) is 4.08. The van der Waals surface area contributed by atoms with Crippen LogP contribution in [0.3, 0.4) is 0 Å². The number of carbonyl (C=O) groups is 1. The molecule has 0 aromatic heterocycles. The number of hydrogen-bond acceptors (Lipinski definition) is 4. The second-order valence-corrected chi connectivity index (χ2v) is 4.24. The Bertz CT molecular complexity index is 436. The maximum absolute atomic E-state index is 11.7. The van der Waals surface area contributed by atoms with Crippen LogP contribution in [0.1, 0.15) is 10.4 Å². The normalized spacial score (nSPS) is 11.3. The van der Waals surface area contributed by atoms with E-state index in [1.165, 1.54) is 30.2 Å². The molecule has 88 valence electrons. The SMILES string of the molecule is COc1ccc(S(=O)[O-])cc1C(=O)N(C)C.[Na+]. The van der Waals surface area contributed by atoms with E-state index in [-0.39, 0.29) is 45.9 Å². The number of hydrogen-bond donors (Lipinski definition) is 0. The van der Waals surface area contributed by atoms with Gasteiger partial charge in [-0.15, -0.1) is 0 Å². The van der Waals surface area contributed by atoms with Gasteiger partial charge in [-0.2, -0.15) is 0 Å². The molecule has 0 heterocycles. The van der Waals surface area contributed by atoms with Crippen LogP contribution >= 0.6 is 0 Å². The summed E-state index contributed by atoms with van der Waals surface area (Å²) in [5.74, 6) is 0.0528. The standard InChI is InChI=1S/C10H13NO4S.Na/c1-11(2)10(12)8-6-7(16(13)14)4-5-9(8)15-3;/h4-6H,1-3H3,(H,13,14);/q;+1/p-1. The van der Waals surface area contributed by atoms with Gasteiger partial charge in [-0.05, 0) is 29.3 Å². The Balaban J connectivity index is 0.00000256. The zero-order valence-electron chi connectivity index (χ0n) is 10.2. The van der Waals surface area contributed by atoms with Crippen LogP contribution in [0.4, 0.5) is 0 Å². The van der Waals surface area contributed by atoms with E-state index < -0.39 is 11.1 Å². The van der Waals surface area contributed by atoms with Crippen molar-refractivity contribution in [3.8, 4) is 5.75 Å². The molecule has 1 atom stereocenters. The molecule has 7 heteroatoms. The molecule has 1 amide bonds. The fraction of sp³-hybridized carbons (Fsp3) is 0.300. The minimum atomic E-state index is -2.36. The third-order valence-electron chi connectivity index (χ3n) is 2.00. The zero-order valence-corrected chi connectivity index (χ0v) is 13.0. The number of methoxy groups -OCH3 is 1. The van der Waals surface area contributed by atoms with Gasteiger partial charge in [0.25, 0.3) is 5.91 Å². The summed E-state index contributed by atoms with van der Waals surface area (Å²) in [4.78, 5) is 13.2. The van der Waals surface area contributed by atoms with Gasteiger partial charge in [0.2, 0.25) is 0 Å². The number of nitrogens with zero attached hydrogens (tertiary/aromatic N) is 1. The van der Waals surface area contributed by atoms with Crippen molar-refractivity contribution in [3.63, 3.8) is 0 Å². The molecular weight excluding hydrogens is 253 g/mol. The first-order valence-electron chi connectivity index (χ1n) is 4.46. The van der Waals surface area contributed by atoms with Gasteiger partial charge in [0.1, 0.15) is 5.75 Å². The fourth-order valence-corrected chi connectivity index (χ4v) is 1.59. The van der Waals surface area contributed by atoms with Crippen LogP contribution < -0.4 is 34.3 Å². The van der Waals surface area contributed by atoms with Gasteiger partial charge in [-0.3, -0.25) is 9.00 Å². The molecule has 0 aliphatic carbocycles. The molecule has 17 heavy (non-hydrogen) atoms. The van der Waals surface area contributed by atoms with Crippen LogP contribution in [0.15, 0.2) is 23.1 Å². The smallest absolute Gasteiger partial charge is 0.768 e. The van der Waals surface area contributed by atoms with Crippen molar-refractivity contribution in [2.75, 3.05) is 21.2 Å². The molecule has 0 bridgehead atoms. The molecule has 0 N–H and O–H groups in total. The second kappa shape index (κ2) is 7.13. The Hall–Kier alpha value is -0.400. The summed E-state index contributed by atoms with van der Waals surface area (Å²) >= 11 is -2.36. The van der Waals surface area contributed by atoms with E-state index in [0.29, 0.717) is 5.75 Å². The number of amides is 1. The first-order valence-corrected chi connectivity index (χ1v) is 5.53. The van der Waals surface area contributed by atoms with E-state index in [1.807, 2.05) is 0 Å². The van der Waals surface area contributed by atoms with Gasteiger partial charge in [-0.25, -0.2) is 0 Å². The molecule has 0 saturated heterocycles. The van der Waals surface area contributed by atoms with E-state index in [0.717, 1.165) is 0 Å². The van der Waals surface area contributed by atoms with Gasteiger partial charge < -0.3 is 14.2 Å². The molecule has 0 saturated carbocycles. The van der Waals surface area contributed by atoms with Gasteiger partial charge in [-0.1, -0.05) is 0 Å². The molecule has 0 aliphatic rings. The number of carbonyl (C=O) groups excluding carboxylic acids is 1. The van der Waals surface area contributed by atoms with Crippen molar-refractivity contribution >= 4 is 17.0 Å². The van der Waals surface area contributed by atoms with Gasteiger partial charge in [0.15, 0.2) is 0 Å². The Morgan fingerprint density at radius 2 is 2.00 bits per heavy atom.